The Morgan fingerprint density at radius 1 is 1.25 bits per heavy atom. The molecule has 94 valence electrons. The van der Waals surface area contributed by atoms with Crippen LogP contribution in [0.15, 0.2) is 0 Å². The molecule has 0 rings (SSSR count). The van der Waals surface area contributed by atoms with Crippen LogP contribution in [0.25, 0.3) is 0 Å². The molecule has 0 spiro atoms. The molecule has 0 saturated carbocycles. The van der Waals surface area contributed by atoms with Crippen molar-refractivity contribution in [2.24, 2.45) is 5.73 Å². The molecule has 0 bridgehead atoms. The average Bonchev–Trinajstić information content (AvgIpc) is 2.12. The zero-order chi connectivity index (χ0) is 12.9. The minimum absolute atomic E-state index is 0.685. The summed E-state index contributed by atoms with van der Waals surface area (Å²) in [7, 11) is 0. The van der Waals surface area contributed by atoms with Crippen molar-refractivity contribution in [1.29, 1.82) is 0 Å². The minimum Gasteiger partial charge on any atom is -0.368 e. The topological polar surface area (TPSA) is 84.2 Å². The summed E-state index contributed by atoms with van der Waals surface area (Å²) in [5.41, 5.74) is 4.91. The highest BCUT2D eigenvalue weighted by Crippen LogP contribution is 2.12. The Bertz CT molecular complexity index is 268. The molecule has 0 aliphatic carbocycles. The lowest BCUT2D eigenvalue weighted by Crippen LogP contribution is -2.51. The molecule has 16 heavy (non-hydrogen) atoms. The number of hydrogen-bond donors (Lipinski definition) is 3. The van der Waals surface area contributed by atoms with Crippen LogP contribution in [0.4, 0.5) is 13.2 Å². The molecule has 2 amide bonds. The van der Waals surface area contributed by atoms with Gasteiger partial charge >= 0.3 is 6.18 Å². The fraction of sp³-hybridized carbons (Fsp3) is 0.750. The van der Waals surface area contributed by atoms with Crippen LogP contribution < -0.4 is 16.4 Å². The van der Waals surface area contributed by atoms with E-state index in [-0.39, 0.29) is 0 Å². The van der Waals surface area contributed by atoms with Crippen molar-refractivity contribution < 1.29 is 22.8 Å². The van der Waals surface area contributed by atoms with E-state index in [2.05, 4.69) is 5.32 Å². The lowest BCUT2D eigenvalue weighted by atomic mass is 10.2. The standard InChI is InChI=1S/C8H14F3N3O2/c1-4(6(12)15)14-5(2)7(16)13-3-8(9,10)11/h4-5,14H,3H2,1-2H3,(H2,12,15)(H,13,16). The number of carbonyl (C=O) groups is 2. The van der Waals surface area contributed by atoms with Crippen molar-refractivity contribution in [3.05, 3.63) is 0 Å². The van der Waals surface area contributed by atoms with Crippen LogP contribution in [-0.2, 0) is 9.59 Å². The van der Waals surface area contributed by atoms with Crippen LogP contribution in [0.3, 0.4) is 0 Å². The first-order chi connectivity index (χ1) is 7.13. The molecule has 0 saturated heterocycles. The molecule has 8 heteroatoms. The zero-order valence-electron chi connectivity index (χ0n) is 8.89. The lowest BCUT2D eigenvalue weighted by Gasteiger charge is -2.17. The Balaban J connectivity index is 4.05. The fourth-order valence-electron chi connectivity index (χ4n) is 0.873. The van der Waals surface area contributed by atoms with E-state index in [4.69, 9.17) is 5.73 Å². The van der Waals surface area contributed by atoms with E-state index < -0.39 is 36.6 Å². The number of primary amides is 1. The normalized spacial score (nSPS) is 15.3. The van der Waals surface area contributed by atoms with Gasteiger partial charge in [0.25, 0.3) is 0 Å². The first-order valence-electron chi connectivity index (χ1n) is 4.53. The van der Waals surface area contributed by atoms with Gasteiger partial charge in [-0.1, -0.05) is 0 Å². The first kappa shape index (κ1) is 14.7. The van der Waals surface area contributed by atoms with E-state index in [1.54, 1.807) is 5.32 Å². The van der Waals surface area contributed by atoms with E-state index in [0.717, 1.165) is 0 Å². The van der Waals surface area contributed by atoms with E-state index in [9.17, 15) is 22.8 Å². The van der Waals surface area contributed by atoms with E-state index >= 15 is 0 Å². The Morgan fingerprint density at radius 2 is 1.75 bits per heavy atom. The highest BCUT2D eigenvalue weighted by atomic mass is 19.4. The van der Waals surface area contributed by atoms with Gasteiger partial charge in [-0.2, -0.15) is 13.2 Å². The molecule has 0 aliphatic heterocycles. The van der Waals surface area contributed by atoms with Crippen molar-refractivity contribution in [2.75, 3.05) is 6.54 Å². The summed E-state index contributed by atoms with van der Waals surface area (Å²) in [6, 6.07) is -1.71. The van der Waals surface area contributed by atoms with Crippen LogP contribution >= 0.6 is 0 Å². The molecule has 0 fully saturated rings. The SMILES string of the molecule is CC(NC(C)C(=O)NCC(F)(F)F)C(N)=O. The third-order valence-corrected chi connectivity index (χ3v) is 1.78. The maximum Gasteiger partial charge on any atom is 0.405 e. The van der Waals surface area contributed by atoms with Crippen LogP contribution in [0.2, 0.25) is 0 Å². The summed E-state index contributed by atoms with van der Waals surface area (Å²) < 4.78 is 35.3. The minimum atomic E-state index is -4.45. The summed E-state index contributed by atoms with van der Waals surface area (Å²) in [4.78, 5) is 21.7. The summed E-state index contributed by atoms with van der Waals surface area (Å²) in [6.07, 6.45) is -4.45. The van der Waals surface area contributed by atoms with Gasteiger partial charge in [0.05, 0.1) is 12.1 Å². The number of nitrogens with one attached hydrogen (secondary N) is 2. The molecular formula is C8H14F3N3O2. The van der Waals surface area contributed by atoms with Crippen LogP contribution in [0.5, 0.6) is 0 Å². The molecule has 0 aromatic rings. The number of nitrogens with two attached hydrogens (primary N) is 1. The molecule has 4 N–H and O–H groups in total. The Hall–Kier alpha value is -1.31. The van der Waals surface area contributed by atoms with Crippen molar-refractivity contribution in [1.82, 2.24) is 10.6 Å². The quantitative estimate of drug-likeness (QED) is 0.607. The molecule has 0 heterocycles. The second kappa shape index (κ2) is 5.69. The van der Waals surface area contributed by atoms with E-state index in [1.807, 2.05) is 0 Å². The second-order valence-corrected chi connectivity index (χ2v) is 3.35. The number of alkyl halides is 3. The Morgan fingerprint density at radius 3 is 2.12 bits per heavy atom. The molecule has 2 unspecified atom stereocenters. The van der Waals surface area contributed by atoms with Crippen molar-refractivity contribution in [3.63, 3.8) is 0 Å². The Labute approximate surface area is 90.6 Å². The van der Waals surface area contributed by atoms with Gasteiger partial charge in [-0.25, -0.2) is 0 Å². The molecule has 5 nitrogen and oxygen atoms in total. The van der Waals surface area contributed by atoms with Gasteiger partial charge in [-0.05, 0) is 13.8 Å². The molecule has 2 atom stereocenters. The summed E-state index contributed by atoms with van der Waals surface area (Å²) >= 11 is 0. The fourth-order valence-corrected chi connectivity index (χ4v) is 0.873. The van der Waals surface area contributed by atoms with Crippen molar-refractivity contribution >= 4 is 11.8 Å². The summed E-state index contributed by atoms with van der Waals surface area (Å²) in [5, 5.41) is 4.15. The van der Waals surface area contributed by atoms with Gasteiger partial charge in [-0.3, -0.25) is 14.9 Å². The zero-order valence-corrected chi connectivity index (χ0v) is 8.89. The van der Waals surface area contributed by atoms with Gasteiger partial charge in [-0.15, -0.1) is 0 Å². The van der Waals surface area contributed by atoms with Gasteiger partial charge in [0.2, 0.25) is 11.8 Å². The third kappa shape index (κ3) is 6.23. The molecule has 0 aromatic carbocycles. The first-order valence-corrected chi connectivity index (χ1v) is 4.53. The number of halogens is 3. The number of carbonyl (C=O) groups excluding carboxylic acids is 2. The van der Waals surface area contributed by atoms with E-state index in [0.29, 0.717) is 0 Å². The average molecular weight is 241 g/mol. The second-order valence-electron chi connectivity index (χ2n) is 3.35. The number of hydrogen-bond acceptors (Lipinski definition) is 3. The summed E-state index contributed by atoms with van der Waals surface area (Å²) in [5.74, 6) is -1.53. The van der Waals surface area contributed by atoms with Gasteiger partial charge in [0.1, 0.15) is 6.54 Å². The predicted octanol–water partition coefficient (Wildman–Crippen LogP) is -0.483. The highest BCUT2D eigenvalue weighted by molar-refractivity contribution is 5.84. The van der Waals surface area contributed by atoms with Gasteiger partial charge < -0.3 is 11.1 Å². The lowest BCUT2D eigenvalue weighted by molar-refractivity contribution is -0.139. The predicted molar refractivity (Wildman–Crippen MR) is 50.3 cm³/mol. The van der Waals surface area contributed by atoms with Crippen molar-refractivity contribution in [2.45, 2.75) is 32.1 Å². The largest absolute Gasteiger partial charge is 0.405 e. The monoisotopic (exact) mass is 241 g/mol. The van der Waals surface area contributed by atoms with Gasteiger partial charge in [0.15, 0.2) is 0 Å². The van der Waals surface area contributed by atoms with Crippen LogP contribution in [0.1, 0.15) is 13.8 Å². The molecule has 0 aromatic heterocycles. The highest BCUT2D eigenvalue weighted by Gasteiger charge is 2.29. The van der Waals surface area contributed by atoms with Gasteiger partial charge in [0, 0.05) is 0 Å². The molecule has 0 radical (unpaired) electrons. The molecule has 0 aliphatic rings. The Kier molecular flexibility index (Phi) is 5.22. The smallest absolute Gasteiger partial charge is 0.368 e. The number of amides is 2. The number of rotatable bonds is 5. The summed E-state index contributed by atoms with van der Waals surface area (Å²) in [6.45, 7) is 1.35. The van der Waals surface area contributed by atoms with E-state index in [1.165, 1.54) is 13.8 Å². The third-order valence-electron chi connectivity index (χ3n) is 1.78. The molecular weight excluding hydrogens is 227 g/mol. The van der Waals surface area contributed by atoms with Crippen molar-refractivity contribution in [3.8, 4) is 0 Å². The van der Waals surface area contributed by atoms with Crippen LogP contribution in [0, 0.1) is 0 Å². The maximum atomic E-state index is 11.8. The van der Waals surface area contributed by atoms with Crippen LogP contribution in [-0.4, -0.2) is 36.6 Å². The maximum absolute atomic E-state index is 11.8.